The molecule has 3 rings (SSSR count). The average Bonchev–Trinajstić information content (AvgIpc) is 3.08. The first-order valence-corrected chi connectivity index (χ1v) is 8.65. The van der Waals surface area contributed by atoms with Gasteiger partial charge in [0.05, 0.1) is 11.8 Å². The first kappa shape index (κ1) is 17.4. The number of nitrogens with one attached hydrogen (secondary N) is 1. The molecule has 0 spiro atoms. The van der Waals surface area contributed by atoms with Gasteiger partial charge in [-0.2, -0.15) is 5.10 Å². The summed E-state index contributed by atoms with van der Waals surface area (Å²) in [5.74, 6) is -1.28. The SMILES string of the molecule is CCC1CC(NC(=O)C2=NN(c3ccccc3)C(C(=O)O)C2)CCO1. The molecule has 134 valence electrons. The molecule has 0 radical (unpaired) electrons. The minimum Gasteiger partial charge on any atom is -0.480 e. The second kappa shape index (κ2) is 7.65. The predicted octanol–water partition coefficient (Wildman–Crippen LogP) is 1.78. The van der Waals surface area contributed by atoms with Crippen LogP contribution in [0.2, 0.25) is 0 Å². The van der Waals surface area contributed by atoms with Gasteiger partial charge in [0.25, 0.3) is 5.91 Å². The van der Waals surface area contributed by atoms with E-state index in [-0.39, 0.29) is 30.2 Å². The van der Waals surface area contributed by atoms with Crippen molar-refractivity contribution in [3.8, 4) is 0 Å². The molecule has 1 aromatic rings. The molecule has 2 aliphatic heterocycles. The molecule has 0 saturated carbocycles. The number of hydrogen-bond acceptors (Lipinski definition) is 5. The number of hydrogen-bond donors (Lipinski definition) is 2. The van der Waals surface area contributed by atoms with Crippen molar-refractivity contribution in [2.75, 3.05) is 11.6 Å². The molecule has 3 unspecified atom stereocenters. The largest absolute Gasteiger partial charge is 0.480 e. The van der Waals surface area contributed by atoms with Gasteiger partial charge in [0.2, 0.25) is 0 Å². The fourth-order valence-electron chi connectivity index (χ4n) is 3.22. The standard InChI is InChI=1S/C18H23N3O4/c1-2-14-10-12(8-9-25-14)19-17(22)15-11-16(18(23)24)21(20-15)13-6-4-3-5-7-13/h3-7,12,14,16H,2,8-11H2,1H3,(H,19,22)(H,23,24). The maximum Gasteiger partial charge on any atom is 0.328 e. The molecule has 0 bridgehead atoms. The summed E-state index contributed by atoms with van der Waals surface area (Å²) < 4.78 is 5.62. The van der Waals surface area contributed by atoms with Gasteiger partial charge in [0, 0.05) is 19.1 Å². The Morgan fingerprint density at radius 3 is 2.80 bits per heavy atom. The Labute approximate surface area is 146 Å². The number of rotatable bonds is 5. The van der Waals surface area contributed by atoms with Gasteiger partial charge in [-0.05, 0) is 31.4 Å². The summed E-state index contributed by atoms with van der Waals surface area (Å²) in [5.41, 5.74) is 0.922. The number of amides is 1. The third-order valence-corrected chi connectivity index (χ3v) is 4.64. The van der Waals surface area contributed by atoms with E-state index in [2.05, 4.69) is 17.3 Å². The van der Waals surface area contributed by atoms with Crippen LogP contribution in [0.25, 0.3) is 0 Å². The van der Waals surface area contributed by atoms with E-state index < -0.39 is 12.0 Å². The zero-order chi connectivity index (χ0) is 17.8. The lowest BCUT2D eigenvalue weighted by molar-refractivity contribution is -0.138. The highest BCUT2D eigenvalue weighted by Gasteiger charge is 2.37. The molecule has 2 heterocycles. The maximum absolute atomic E-state index is 12.6. The molecule has 0 aliphatic carbocycles. The summed E-state index contributed by atoms with van der Waals surface area (Å²) in [6, 6.07) is 8.23. The van der Waals surface area contributed by atoms with Gasteiger partial charge in [-0.25, -0.2) is 4.79 Å². The van der Waals surface area contributed by atoms with Crippen LogP contribution < -0.4 is 10.3 Å². The number of aliphatic carboxylic acids is 1. The lowest BCUT2D eigenvalue weighted by atomic mass is 10.0. The van der Waals surface area contributed by atoms with Crippen LogP contribution >= 0.6 is 0 Å². The molecule has 0 aromatic heterocycles. The molecule has 1 amide bonds. The van der Waals surface area contributed by atoms with Crippen LogP contribution in [-0.2, 0) is 14.3 Å². The number of benzene rings is 1. The summed E-state index contributed by atoms with van der Waals surface area (Å²) in [6.07, 6.45) is 2.71. The second-order valence-corrected chi connectivity index (χ2v) is 6.38. The highest BCUT2D eigenvalue weighted by Crippen LogP contribution is 2.25. The van der Waals surface area contributed by atoms with Crippen molar-refractivity contribution in [2.45, 2.75) is 50.8 Å². The Bertz CT molecular complexity index is 662. The molecule has 1 saturated heterocycles. The molecule has 1 fully saturated rings. The normalized spacial score (nSPS) is 26.2. The molecular weight excluding hydrogens is 322 g/mol. The summed E-state index contributed by atoms with van der Waals surface area (Å²) in [7, 11) is 0. The lowest BCUT2D eigenvalue weighted by Gasteiger charge is -2.29. The Kier molecular flexibility index (Phi) is 5.33. The third-order valence-electron chi connectivity index (χ3n) is 4.64. The number of para-hydroxylation sites is 1. The minimum atomic E-state index is -0.993. The first-order valence-electron chi connectivity index (χ1n) is 8.65. The molecule has 7 heteroatoms. The van der Waals surface area contributed by atoms with E-state index >= 15 is 0 Å². The van der Waals surface area contributed by atoms with Crippen LogP contribution in [0.1, 0.15) is 32.6 Å². The van der Waals surface area contributed by atoms with Crippen molar-refractivity contribution in [2.24, 2.45) is 5.10 Å². The van der Waals surface area contributed by atoms with E-state index in [1.54, 1.807) is 12.1 Å². The van der Waals surface area contributed by atoms with Crippen LogP contribution in [0.4, 0.5) is 5.69 Å². The lowest BCUT2D eigenvalue weighted by Crippen LogP contribution is -2.44. The van der Waals surface area contributed by atoms with Crippen molar-refractivity contribution >= 4 is 23.3 Å². The summed E-state index contributed by atoms with van der Waals surface area (Å²) in [5, 5.41) is 18.2. The van der Waals surface area contributed by atoms with E-state index in [1.165, 1.54) is 5.01 Å². The minimum absolute atomic E-state index is 0.0444. The molecule has 2 aliphatic rings. The van der Waals surface area contributed by atoms with Gasteiger partial charge < -0.3 is 15.2 Å². The molecule has 25 heavy (non-hydrogen) atoms. The fourth-order valence-corrected chi connectivity index (χ4v) is 3.22. The topological polar surface area (TPSA) is 91.2 Å². The van der Waals surface area contributed by atoms with Crippen LogP contribution in [0.5, 0.6) is 0 Å². The Morgan fingerprint density at radius 2 is 2.12 bits per heavy atom. The van der Waals surface area contributed by atoms with Gasteiger partial charge >= 0.3 is 5.97 Å². The van der Waals surface area contributed by atoms with E-state index in [0.29, 0.717) is 12.3 Å². The van der Waals surface area contributed by atoms with Gasteiger partial charge in [-0.15, -0.1) is 0 Å². The van der Waals surface area contributed by atoms with Crippen LogP contribution in [0.15, 0.2) is 35.4 Å². The molecule has 1 aromatic carbocycles. The number of hydrazone groups is 1. The van der Waals surface area contributed by atoms with Crippen LogP contribution in [0, 0.1) is 0 Å². The third kappa shape index (κ3) is 3.99. The van der Waals surface area contributed by atoms with Crippen LogP contribution in [-0.4, -0.2) is 47.5 Å². The van der Waals surface area contributed by atoms with Crippen molar-refractivity contribution in [1.82, 2.24) is 5.32 Å². The quantitative estimate of drug-likeness (QED) is 0.849. The van der Waals surface area contributed by atoms with Gasteiger partial charge in [-0.3, -0.25) is 9.80 Å². The van der Waals surface area contributed by atoms with Crippen molar-refractivity contribution in [1.29, 1.82) is 0 Å². The van der Waals surface area contributed by atoms with Crippen molar-refractivity contribution < 1.29 is 19.4 Å². The average molecular weight is 345 g/mol. The first-order chi connectivity index (χ1) is 12.1. The number of carboxylic acids is 1. The van der Waals surface area contributed by atoms with Crippen molar-refractivity contribution in [3.05, 3.63) is 30.3 Å². The number of anilines is 1. The summed E-state index contributed by atoms with van der Waals surface area (Å²) in [4.78, 5) is 24.1. The summed E-state index contributed by atoms with van der Waals surface area (Å²) >= 11 is 0. The van der Waals surface area contributed by atoms with Gasteiger partial charge in [0.15, 0.2) is 6.04 Å². The number of carbonyl (C=O) groups excluding carboxylic acids is 1. The van der Waals surface area contributed by atoms with E-state index in [9.17, 15) is 14.7 Å². The number of carbonyl (C=O) groups is 2. The number of carboxylic acid groups (broad SMARTS) is 1. The number of nitrogens with zero attached hydrogens (tertiary/aromatic N) is 2. The smallest absolute Gasteiger partial charge is 0.328 e. The molecule has 7 nitrogen and oxygen atoms in total. The highest BCUT2D eigenvalue weighted by molar-refractivity contribution is 6.40. The van der Waals surface area contributed by atoms with Crippen molar-refractivity contribution in [3.63, 3.8) is 0 Å². The molecular formula is C18H23N3O4. The van der Waals surface area contributed by atoms with E-state index in [1.807, 2.05) is 18.2 Å². The Hall–Kier alpha value is -2.41. The zero-order valence-electron chi connectivity index (χ0n) is 14.2. The predicted molar refractivity (Wildman–Crippen MR) is 93.6 cm³/mol. The van der Waals surface area contributed by atoms with Gasteiger partial charge in [-0.1, -0.05) is 25.1 Å². The number of ether oxygens (including phenoxy) is 1. The monoisotopic (exact) mass is 345 g/mol. The Balaban J connectivity index is 1.71. The second-order valence-electron chi connectivity index (χ2n) is 6.38. The molecule has 2 N–H and O–H groups in total. The fraction of sp³-hybridized carbons (Fsp3) is 0.500. The highest BCUT2D eigenvalue weighted by atomic mass is 16.5. The van der Waals surface area contributed by atoms with Crippen LogP contribution in [0.3, 0.4) is 0 Å². The molecule has 3 atom stereocenters. The zero-order valence-corrected chi connectivity index (χ0v) is 14.2. The van der Waals surface area contributed by atoms with Gasteiger partial charge in [0.1, 0.15) is 5.71 Å². The summed E-state index contributed by atoms with van der Waals surface area (Å²) in [6.45, 7) is 2.69. The van der Waals surface area contributed by atoms with E-state index in [4.69, 9.17) is 4.74 Å². The Morgan fingerprint density at radius 1 is 1.36 bits per heavy atom. The van der Waals surface area contributed by atoms with E-state index in [0.717, 1.165) is 19.3 Å². The maximum atomic E-state index is 12.6.